The summed E-state index contributed by atoms with van der Waals surface area (Å²) in [6.07, 6.45) is 1.69. The highest BCUT2D eigenvalue weighted by Gasteiger charge is 2.31. The van der Waals surface area contributed by atoms with E-state index in [1.165, 1.54) is 0 Å². The van der Waals surface area contributed by atoms with Crippen molar-refractivity contribution in [3.8, 4) is 23.0 Å². The van der Waals surface area contributed by atoms with Gasteiger partial charge in [-0.15, -0.1) is 0 Å². The fourth-order valence-corrected chi connectivity index (χ4v) is 4.27. The molecule has 4 aromatic carbocycles. The molecule has 0 spiro atoms. The summed E-state index contributed by atoms with van der Waals surface area (Å²) in [6, 6.07) is 37.3. The highest BCUT2D eigenvalue weighted by atomic mass is 16.5. The van der Waals surface area contributed by atoms with Gasteiger partial charge in [-0.2, -0.15) is 0 Å². The van der Waals surface area contributed by atoms with Crippen LogP contribution in [0.3, 0.4) is 0 Å². The molecule has 1 unspecified atom stereocenters. The fourth-order valence-electron chi connectivity index (χ4n) is 4.27. The summed E-state index contributed by atoms with van der Waals surface area (Å²) in [7, 11) is 0. The summed E-state index contributed by atoms with van der Waals surface area (Å²) in [5, 5.41) is 0. The van der Waals surface area contributed by atoms with Crippen LogP contribution in [0.25, 0.3) is 0 Å². The Hall–Kier alpha value is -5.03. The molecule has 0 amide bonds. The van der Waals surface area contributed by atoms with E-state index in [-0.39, 0.29) is 5.78 Å². The lowest BCUT2D eigenvalue weighted by molar-refractivity contribution is 0.0959. The van der Waals surface area contributed by atoms with Crippen molar-refractivity contribution in [2.45, 2.75) is 6.04 Å². The number of ether oxygens (including phenoxy) is 2. The second-order valence-electron chi connectivity index (χ2n) is 8.57. The lowest BCUT2D eigenvalue weighted by Crippen LogP contribution is -2.24. The first kappa shape index (κ1) is 22.4. The maximum atomic E-state index is 13.4. The number of para-hydroxylation sites is 2. The fraction of sp³-hybridized carbons (Fsp3) is 0.0312. The Morgan fingerprint density at radius 3 is 1.70 bits per heavy atom. The third-order valence-electron chi connectivity index (χ3n) is 6.09. The van der Waals surface area contributed by atoms with E-state index in [0.29, 0.717) is 28.5 Å². The van der Waals surface area contributed by atoms with Crippen molar-refractivity contribution in [3.63, 3.8) is 0 Å². The van der Waals surface area contributed by atoms with Crippen molar-refractivity contribution in [3.05, 3.63) is 150 Å². The minimum Gasteiger partial charge on any atom is -0.457 e. The van der Waals surface area contributed by atoms with Crippen molar-refractivity contribution < 1.29 is 14.3 Å². The molecule has 5 heteroatoms. The van der Waals surface area contributed by atoms with Crippen LogP contribution in [-0.4, -0.2) is 16.5 Å². The Balaban J connectivity index is 1.31. The van der Waals surface area contributed by atoms with Gasteiger partial charge in [-0.1, -0.05) is 48.5 Å². The van der Waals surface area contributed by atoms with Crippen molar-refractivity contribution >= 4 is 11.5 Å². The third kappa shape index (κ3) is 4.75. The number of hydrogen-bond donors (Lipinski definition) is 0. The molecule has 0 fully saturated rings. The predicted octanol–water partition coefficient (Wildman–Crippen LogP) is 7.44. The van der Waals surface area contributed by atoms with Crippen LogP contribution in [0.4, 0.5) is 0 Å². The zero-order chi connectivity index (χ0) is 25.0. The Morgan fingerprint density at radius 1 is 0.568 bits per heavy atom. The third-order valence-corrected chi connectivity index (χ3v) is 6.09. The van der Waals surface area contributed by atoms with Crippen LogP contribution in [0, 0.1) is 0 Å². The average molecular weight is 483 g/mol. The minimum absolute atomic E-state index is 0.0763. The normalized spacial score (nSPS) is 14.4. The number of ketones is 1. The van der Waals surface area contributed by atoms with Crippen molar-refractivity contribution in [1.29, 1.82) is 0 Å². The molecular weight excluding hydrogens is 460 g/mol. The van der Waals surface area contributed by atoms with Gasteiger partial charge >= 0.3 is 0 Å². The number of nitrogens with zero attached hydrogens (tertiary/aromatic N) is 2. The molecule has 0 N–H and O–H groups in total. The molecule has 2 heterocycles. The number of hydrogen-bond acceptors (Lipinski definition) is 5. The van der Waals surface area contributed by atoms with Gasteiger partial charge in [0.15, 0.2) is 5.78 Å². The first-order valence-corrected chi connectivity index (χ1v) is 12.0. The average Bonchev–Trinajstić information content (AvgIpc) is 2.96. The number of pyridine rings is 1. The summed E-state index contributed by atoms with van der Waals surface area (Å²) in [6.45, 7) is 0. The Labute approximate surface area is 214 Å². The van der Waals surface area contributed by atoms with Gasteiger partial charge in [-0.3, -0.25) is 14.8 Å². The SMILES string of the molecule is O=C1c2cccnc2C(c2ccc(Oc3ccccc3)cc2)=NC1c1ccc(Oc2ccccc2)cc1. The van der Waals surface area contributed by atoms with Crippen LogP contribution in [0.15, 0.2) is 133 Å². The molecule has 0 saturated carbocycles. The van der Waals surface area contributed by atoms with E-state index in [9.17, 15) is 4.79 Å². The molecule has 0 aliphatic carbocycles. The monoisotopic (exact) mass is 482 g/mol. The van der Waals surface area contributed by atoms with Crippen LogP contribution in [0.1, 0.15) is 33.2 Å². The number of benzene rings is 4. The minimum atomic E-state index is -0.669. The molecule has 0 radical (unpaired) electrons. The Morgan fingerprint density at radius 2 is 1.11 bits per heavy atom. The zero-order valence-corrected chi connectivity index (χ0v) is 19.8. The molecular formula is C32H22N2O3. The summed E-state index contributed by atoms with van der Waals surface area (Å²) >= 11 is 0. The van der Waals surface area contributed by atoms with E-state index in [2.05, 4.69) is 4.98 Å². The van der Waals surface area contributed by atoms with Gasteiger partial charge in [0.25, 0.3) is 0 Å². The van der Waals surface area contributed by atoms with Gasteiger partial charge in [0.1, 0.15) is 29.0 Å². The Kier molecular flexibility index (Phi) is 6.01. The summed E-state index contributed by atoms with van der Waals surface area (Å²) in [5.41, 5.74) is 3.48. The summed E-state index contributed by atoms with van der Waals surface area (Å²) < 4.78 is 11.8. The predicted molar refractivity (Wildman–Crippen MR) is 143 cm³/mol. The molecule has 1 aliphatic rings. The number of fused-ring (bicyclic) bond motifs is 1. The van der Waals surface area contributed by atoms with Gasteiger partial charge in [0, 0.05) is 17.3 Å². The van der Waals surface area contributed by atoms with E-state index >= 15 is 0 Å². The second kappa shape index (κ2) is 9.91. The molecule has 1 aliphatic heterocycles. The molecule has 0 saturated heterocycles. The highest BCUT2D eigenvalue weighted by molar-refractivity contribution is 6.21. The second-order valence-corrected chi connectivity index (χ2v) is 8.57. The topological polar surface area (TPSA) is 60.8 Å². The van der Waals surface area contributed by atoms with E-state index in [1.54, 1.807) is 12.3 Å². The van der Waals surface area contributed by atoms with Gasteiger partial charge in [-0.25, -0.2) is 0 Å². The van der Waals surface area contributed by atoms with Crippen molar-refractivity contribution in [1.82, 2.24) is 4.98 Å². The smallest absolute Gasteiger partial charge is 0.194 e. The quantitative estimate of drug-likeness (QED) is 0.252. The van der Waals surface area contributed by atoms with Crippen LogP contribution in [0.5, 0.6) is 23.0 Å². The number of carbonyl (C=O) groups excluding carboxylic acids is 1. The number of carbonyl (C=O) groups is 1. The van der Waals surface area contributed by atoms with Crippen LogP contribution in [-0.2, 0) is 0 Å². The maximum absolute atomic E-state index is 13.4. The standard InChI is InChI=1S/C32H22N2O3/c35-32-28-12-7-21-33-31(28)29(22-13-17-26(18-14-22)36-24-8-3-1-4-9-24)34-30(32)23-15-19-27(20-16-23)37-25-10-5-2-6-11-25/h1-21,30H. The molecule has 5 nitrogen and oxygen atoms in total. The Bertz CT molecular complexity index is 1560. The molecule has 0 bridgehead atoms. The van der Waals surface area contributed by atoms with Crippen LogP contribution >= 0.6 is 0 Å². The van der Waals surface area contributed by atoms with Gasteiger partial charge in [0.05, 0.1) is 11.4 Å². The molecule has 1 aromatic heterocycles. The van der Waals surface area contributed by atoms with Crippen LogP contribution in [0.2, 0.25) is 0 Å². The number of rotatable bonds is 6. The van der Waals surface area contributed by atoms with Crippen molar-refractivity contribution in [2.24, 2.45) is 4.99 Å². The molecule has 6 rings (SSSR count). The van der Waals surface area contributed by atoms with E-state index in [0.717, 1.165) is 22.6 Å². The van der Waals surface area contributed by atoms with E-state index < -0.39 is 6.04 Å². The number of Topliss-reactive ketones (excluding diaryl/α,β-unsaturated/α-hetero) is 1. The number of aromatic nitrogens is 1. The molecule has 37 heavy (non-hydrogen) atoms. The maximum Gasteiger partial charge on any atom is 0.194 e. The zero-order valence-electron chi connectivity index (χ0n) is 19.8. The first-order valence-electron chi connectivity index (χ1n) is 12.0. The molecule has 1 atom stereocenters. The van der Waals surface area contributed by atoms with E-state index in [1.807, 2.05) is 115 Å². The lowest BCUT2D eigenvalue weighted by atomic mass is 9.90. The van der Waals surface area contributed by atoms with E-state index in [4.69, 9.17) is 14.5 Å². The number of aliphatic imine (C=N–C) groups is 1. The molecule has 178 valence electrons. The van der Waals surface area contributed by atoms with Crippen molar-refractivity contribution in [2.75, 3.05) is 0 Å². The van der Waals surface area contributed by atoms with Crippen LogP contribution < -0.4 is 9.47 Å². The van der Waals surface area contributed by atoms with Gasteiger partial charge < -0.3 is 9.47 Å². The highest BCUT2D eigenvalue weighted by Crippen LogP contribution is 2.33. The first-order chi connectivity index (χ1) is 18.2. The summed E-state index contributed by atoms with van der Waals surface area (Å²) in [5.74, 6) is 2.85. The lowest BCUT2D eigenvalue weighted by Gasteiger charge is -2.22. The summed E-state index contributed by atoms with van der Waals surface area (Å²) in [4.78, 5) is 22.8. The molecule has 5 aromatic rings. The largest absolute Gasteiger partial charge is 0.457 e. The van der Waals surface area contributed by atoms with Gasteiger partial charge in [0.2, 0.25) is 0 Å². The van der Waals surface area contributed by atoms with Gasteiger partial charge in [-0.05, 0) is 78.4 Å².